The summed E-state index contributed by atoms with van der Waals surface area (Å²) in [5, 5.41) is 0. The molecule has 2 aliphatic rings. The fraction of sp³-hybridized carbons (Fsp3) is 0.625. The Labute approximate surface area is 120 Å². The van der Waals surface area contributed by atoms with Crippen molar-refractivity contribution in [2.24, 2.45) is 0 Å². The van der Waals surface area contributed by atoms with E-state index in [1.165, 1.54) is 30.4 Å². The molecular formula is C16H22ClNO. The average Bonchev–Trinajstić information content (AvgIpc) is 2.37. The van der Waals surface area contributed by atoms with Crippen molar-refractivity contribution in [2.45, 2.75) is 37.8 Å². The summed E-state index contributed by atoms with van der Waals surface area (Å²) in [6, 6.07) is 9.44. The van der Waals surface area contributed by atoms with Gasteiger partial charge in [0.05, 0.1) is 12.7 Å². The summed E-state index contributed by atoms with van der Waals surface area (Å²) in [7, 11) is 0. The minimum atomic E-state index is 0.230. The van der Waals surface area contributed by atoms with E-state index in [1.807, 2.05) is 0 Å². The number of hydrogen-bond donors (Lipinski definition) is 0. The molecule has 1 fully saturated rings. The maximum absolute atomic E-state index is 6.02. The van der Waals surface area contributed by atoms with Gasteiger partial charge in [0, 0.05) is 25.0 Å². The van der Waals surface area contributed by atoms with Gasteiger partial charge in [-0.2, -0.15) is 0 Å². The molecule has 2 nitrogen and oxygen atoms in total. The zero-order valence-corrected chi connectivity index (χ0v) is 12.1. The first-order valence-electron chi connectivity index (χ1n) is 7.38. The van der Waals surface area contributed by atoms with E-state index in [0.717, 1.165) is 32.2 Å². The second kappa shape index (κ2) is 6.25. The monoisotopic (exact) mass is 279 g/mol. The van der Waals surface area contributed by atoms with Gasteiger partial charge in [-0.15, -0.1) is 11.6 Å². The van der Waals surface area contributed by atoms with Crippen LogP contribution in [0.1, 0.15) is 36.5 Å². The third-order valence-electron chi connectivity index (χ3n) is 4.46. The summed E-state index contributed by atoms with van der Waals surface area (Å²) >= 11 is 5.96. The van der Waals surface area contributed by atoms with Gasteiger partial charge in [-0.1, -0.05) is 30.7 Å². The number of benzene rings is 1. The van der Waals surface area contributed by atoms with Crippen molar-refractivity contribution < 1.29 is 4.74 Å². The topological polar surface area (TPSA) is 12.5 Å². The first-order valence-corrected chi connectivity index (χ1v) is 7.91. The van der Waals surface area contributed by atoms with E-state index in [-0.39, 0.29) is 6.10 Å². The van der Waals surface area contributed by atoms with E-state index in [9.17, 15) is 0 Å². The first-order chi connectivity index (χ1) is 9.38. The molecule has 1 heterocycles. The van der Waals surface area contributed by atoms with Crippen LogP contribution < -0.4 is 0 Å². The maximum Gasteiger partial charge on any atom is 0.0954 e. The third-order valence-corrected chi connectivity index (χ3v) is 4.62. The van der Waals surface area contributed by atoms with Crippen LogP contribution in [0.25, 0.3) is 0 Å². The van der Waals surface area contributed by atoms with Gasteiger partial charge in [-0.3, -0.25) is 4.90 Å². The summed E-state index contributed by atoms with van der Waals surface area (Å²) in [5.74, 6) is 0.713. The fourth-order valence-corrected chi connectivity index (χ4v) is 3.34. The van der Waals surface area contributed by atoms with Gasteiger partial charge in [0.2, 0.25) is 0 Å². The maximum atomic E-state index is 6.02. The molecule has 1 aliphatic carbocycles. The average molecular weight is 280 g/mol. The Balaban J connectivity index is 1.71. The predicted octanol–water partition coefficient (Wildman–Crippen LogP) is 3.39. The molecule has 19 heavy (non-hydrogen) atoms. The Morgan fingerprint density at radius 3 is 2.84 bits per heavy atom. The minimum Gasteiger partial charge on any atom is -0.372 e. The van der Waals surface area contributed by atoms with Gasteiger partial charge in [-0.25, -0.2) is 0 Å². The normalized spacial score (nSPS) is 23.2. The van der Waals surface area contributed by atoms with Crippen LogP contribution in [0.5, 0.6) is 0 Å². The van der Waals surface area contributed by atoms with E-state index in [1.54, 1.807) is 0 Å². The summed E-state index contributed by atoms with van der Waals surface area (Å²) < 4.78 is 6.02. The molecule has 1 aromatic rings. The number of halogens is 1. The number of rotatable bonds is 5. The van der Waals surface area contributed by atoms with Crippen LogP contribution in [0.4, 0.5) is 0 Å². The smallest absolute Gasteiger partial charge is 0.0954 e. The Morgan fingerprint density at radius 1 is 1.26 bits per heavy atom. The quantitative estimate of drug-likeness (QED) is 0.766. The van der Waals surface area contributed by atoms with Crippen molar-refractivity contribution in [3.8, 4) is 0 Å². The number of nitrogens with zero attached hydrogens (tertiary/aromatic N) is 1. The van der Waals surface area contributed by atoms with Crippen molar-refractivity contribution in [3.05, 3.63) is 35.4 Å². The van der Waals surface area contributed by atoms with Crippen molar-refractivity contribution in [1.82, 2.24) is 4.90 Å². The summed E-state index contributed by atoms with van der Waals surface area (Å²) in [6.45, 7) is 2.82. The third kappa shape index (κ3) is 2.96. The van der Waals surface area contributed by atoms with E-state index in [0.29, 0.717) is 5.88 Å². The number of fused-ring (bicyclic) bond motifs is 1. The first kappa shape index (κ1) is 13.4. The predicted molar refractivity (Wildman–Crippen MR) is 78.8 cm³/mol. The highest BCUT2D eigenvalue weighted by atomic mass is 35.5. The van der Waals surface area contributed by atoms with Crippen LogP contribution >= 0.6 is 11.6 Å². The van der Waals surface area contributed by atoms with Gasteiger partial charge in [0.1, 0.15) is 0 Å². The highest BCUT2D eigenvalue weighted by Gasteiger charge is 2.29. The Bertz CT molecular complexity index is 419. The molecule has 0 aromatic heterocycles. The second-order valence-corrected chi connectivity index (χ2v) is 5.95. The number of hydrogen-bond acceptors (Lipinski definition) is 2. The summed E-state index contributed by atoms with van der Waals surface area (Å²) in [5.41, 5.74) is 2.84. The molecular weight excluding hydrogens is 258 g/mol. The van der Waals surface area contributed by atoms with Crippen molar-refractivity contribution in [1.29, 1.82) is 0 Å². The largest absolute Gasteiger partial charge is 0.372 e. The van der Waals surface area contributed by atoms with E-state index < -0.39 is 0 Å². The highest BCUT2D eigenvalue weighted by Crippen LogP contribution is 2.31. The van der Waals surface area contributed by atoms with Gasteiger partial charge < -0.3 is 4.74 Å². The molecule has 3 heteroatoms. The summed E-state index contributed by atoms with van der Waals surface area (Å²) in [4.78, 5) is 2.53. The molecule has 1 saturated carbocycles. The standard InChI is InChI=1S/C16H22ClNO/c17-9-10-18(14-5-3-6-14)12-16-15-7-2-1-4-13(15)8-11-19-16/h1-2,4,7,14,16H,3,5-6,8-12H2. The van der Waals surface area contributed by atoms with Crippen molar-refractivity contribution >= 4 is 11.6 Å². The van der Waals surface area contributed by atoms with Gasteiger partial charge in [-0.05, 0) is 30.4 Å². The van der Waals surface area contributed by atoms with Crippen LogP contribution in [-0.4, -0.2) is 36.5 Å². The van der Waals surface area contributed by atoms with E-state index in [2.05, 4.69) is 29.2 Å². The molecule has 0 saturated heterocycles. The van der Waals surface area contributed by atoms with Crippen LogP contribution in [0.3, 0.4) is 0 Å². The lowest BCUT2D eigenvalue weighted by Crippen LogP contribution is -2.44. The number of alkyl halides is 1. The van der Waals surface area contributed by atoms with Gasteiger partial charge in [0.25, 0.3) is 0 Å². The fourth-order valence-electron chi connectivity index (χ4n) is 3.12. The molecule has 1 aromatic carbocycles. The molecule has 1 aliphatic heterocycles. The summed E-state index contributed by atoms with van der Waals surface area (Å²) in [6.07, 6.45) is 5.29. The van der Waals surface area contributed by atoms with E-state index in [4.69, 9.17) is 16.3 Å². The lowest BCUT2D eigenvalue weighted by molar-refractivity contribution is -0.00247. The molecule has 1 atom stereocenters. The van der Waals surface area contributed by atoms with Gasteiger partial charge >= 0.3 is 0 Å². The Hall–Kier alpha value is -0.570. The molecule has 3 rings (SSSR count). The van der Waals surface area contributed by atoms with Crippen molar-refractivity contribution in [3.63, 3.8) is 0 Å². The van der Waals surface area contributed by atoms with Crippen LogP contribution in [0, 0.1) is 0 Å². The lowest BCUT2D eigenvalue weighted by Gasteiger charge is -2.40. The van der Waals surface area contributed by atoms with Gasteiger partial charge in [0.15, 0.2) is 0 Å². The molecule has 0 bridgehead atoms. The van der Waals surface area contributed by atoms with Crippen LogP contribution in [-0.2, 0) is 11.2 Å². The van der Waals surface area contributed by atoms with Crippen molar-refractivity contribution in [2.75, 3.05) is 25.6 Å². The Morgan fingerprint density at radius 2 is 2.11 bits per heavy atom. The molecule has 0 radical (unpaired) electrons. The zero-order chi connectivity index (χ0) is 13.1. The molecule has 104 valence electrons. The molecule has 0 spiro atoms. The molecule has 1 unspecified atom stereocenters. The van der Waals surface area contributed by atoms with E-state index >= 15 is 0 Å². The zero-order valence-electron chi connectivity index (χ0n) is 11.4. The van der Waals surface area contributed by atoms with Crippen LogP contribution in [0.15, 0.2) is 24.3 Å². The number of ether oxygens (including phenoxy) is 1. The second-order valence-electron chi connectivity index (χ2n) is 5.58. The lowest BCUT2D eigenvalue weighted by atomic mass is 9.90. The SMILES string of the molecule is ClCCN(CC1OCCc2ccccc21)C1CCC1. The minimum absolute atomic E-state index is 0.230. The Kier molecular flexibility index (Phi) is 4.42. The molecule has 0 N–H and O–H groups in total. The molecule has 0 amide bonds. The van der Waals surface area contributed by atoms with Crippen LogP contribution in [0.2, 0.25) is 0 Å². The highest BCUT2D eigenvalue weighted by molar-refractivity contribution is 6.18.